The third kappa shape index (κ3) is 2.40. The fraction of sp³-hybridized carbons (Fsp3) is 0.471. The molecule has 0 amide bonds. The number of carbonyl (C=O) groups is 1. The number of hydrogen-bond acceptors (Lipinski definition) is 3. The summed E-state index contributed by atoms with van der Waals surface area (Å²) in [4.78, 5) is 14.0. The van der Waals surface area contributed by atoms with Gasteiger partial charge in [0.15, 0.2) is 6.04 Å². The molecule has 5 nitrogen and oxygen atoms in total. The van der Waals surface area contributed by atoms with Crippen molar-refractivity contribution in [2.24, 2.45) is 0 Å². The van der Waals surface area contributed by atoms with E-state index < -0.39 is 12.0 Å². The summed E-state index contributed by atoms with van der Waals surface area (Å²) in [5.74, 6) is -0.846. The minimum Gasteiger partial charge on any atom is -0.480 e. The second kappa shape index (κ2) is 5.74. The second-order valence-corrected chi connectivity index (χ2v) is 6.11. The van der Waals surface area contributed by atoms with Crippen molar-refractivity contribution in [2.75, 3.05) is 27.3 Å². The lowest BCUT2D eigenvalue weighted by molar-refractivity contribution is -0.142. The Hall–Kier alpha value is -1.85. The van der Waals surface area contributed by atoms with Gasteiger partial charge >= 0.3 is 5.97 Å². The molecular formula is C17H22N2O3. The third-order valence-electron chi connectivity index (χ3n) is 4.46. The summed E-state index contributed by atoms with van der Waals surface area (Å²) in [5.41, 5.74) is 4.59. The van der Waals surface area contributed by atoms with E-state index in [9.17, 15) is 9.90 Å². The maximum absolute atomic E-state index is 11.7. The molecule has 0 saturated heterocycles. The van der Waals surface area contributed by atoms with E-state index in [-0.39, 0.29) is 6.61 Å². The molecule has 22 heavy (non-hydrogen) atoms. The van der Waals surface area contributed by atoms with E-state index in [1.807, 2.05) is 16.7 Å². The molecule has 2 aromatic rings. The van der Waals surface area contributed by atoms with E-state index in [1.54, 1.807) is 7.11 Å². The van der Waals surface area contributed by atoms with Crippen LogP contribution in [0.25, 0.3) is 10.9 Å². The van der Waals surface area contributed by atoms with Crippen molar-refractivity contribution >= 4 is 16.9 Å². The van der Waals surface area contributed by atoms with Crippen LogP contribution in [0.1, 0.15) is 22.9 Å². The SMILES string of the molecule is COCC(C(=O)O)n1c2c(c3cc(C)ccc31)CN(C)CC2. The molecule has 0 aliphatic carbocycles. The number of fused-ring (bicyclic) bond motifs is 3. The van der Waals surface area contributed by atoms with Gasteiger partial charge in [-0.1, -0.05) is 11.6 Å². The molecule has 1 aliphatic rings. The lowest BCUT2D eigenvalue weighted by atomic mass is 10.0. The Bertz CT molecular complexity index is 720. The fourth-order valence-electron chi connectivity index (χ4n) is 3.41. The number of methoxy groups -OCH3 is 1. The first-order valence-electron chi connectivity index (χ1n) is 7.55. The third-order valence-corrected chi connectivity index (χ3v) is 4.46. The Morgan fingerprint density at radius 1 is 1.45 bits per heavy atom. The molecule has 1 atom stereocenters. The van der Waals surface area contributed by atoms with Gasteiger partial charge in [-0.05, 0) is 31.7 Å². The minimum atomic E-state index is -0.846. The predicted molar refractivity (Wildman–Crippen MR) is 85.3 cm³/mol. The maximum atomic E-state index is 11.7. The summed E-state index contributed by atoms with van der Waals surface area (Å²) in [7, 11) is 3.65. The van der Waals surface area contributed by atoms with Gasteiger partial charge in [0.25, 0.3) is 0 Å². The van der Waals surface area contributed by atoms with E-state index in [0.717, 1.165) is 30.7 Å². The van der Waals surface area contributed by atoms with Crippen molar-refractivity contribution in [3.8, 4) is 0 Å². The highest BCUT2D eigenvalue weighted by Gasteiger charge is 2.29. The van der Waals surface area contributed by atoms with Crippen LogP contribution in [0.2, 0.25) is 0 Å². The van der Waals surface area contributed by atoms with Gasteiger partial charge in [-0.25, -0.2) is 4.79 Å². The molecule has 0 fully saturated rings. The lowest BCUT2D eigenvalue weighted by Crippen LogP contribution is -2.30. The highest BCUT2D eigenvalue weighted by atomic mass is 16.5. The van der Waals surface area contributed by atoms with Crippen molar-refractivity contribution < 1.29 is 14.6 Å². The van der Waals surface area contributed by atoms with Crippen molar-refractivity contribution in [3.63, 3.8) is 0 Å². The number of nitrogens with zero attached hydrogens (tertiary/aromatic N) is 2. The molecule has 3 rings (SSSR count). The summed E-state index contributed by atoms with van der Waals surface area (Å²) in [6.07, 6.45) is 0.868. The number of carboxylic acid groups (broad SMARTS) is 1. The Kier molecular flexibility index (Phi) is 3.93. The first kappa shape index (κ1) is 15.1. The van der Waals surface area contributed by atoms with E-state index >= 15 is 0 Å². The Morgan fingerprint density at radius 2 is 2.23 bits per heavy atom. The van der Waals surface area contributed by atoms with E-state index in [4.69, 9.17) is 4.74 Å². The van der Waals surface area contributed by atoms with Crippen molar-refractivity contribution in [1.82, 2.24) is 9.47 Å². The van der Waals surface area contributed by atoms with Gasteiger partial charge in [0, 0.05) is 43.2 Å². The Balaban J connectivity index is 2.27. The number of aliphatic carboxylic acids is 1. The van der Waals surface area contributed by atoms with Crippen LogP contribution in [0.5, 0.6) is 0 Å². The summed E-state index contributed by atoms with van der Waals surface area (Å²) >= 11 is 0. The van der Waals surface area contributed by atoms with Crippen LogP contribution in [0, 0.1) is 6.92 Å². The average molecular weight is 302 g/mol. The predicted octanol–water partition coefficient (Wildman–Crippen LogP) is 2.21. The molecule has 1 aromatic carbocycles. The normalized spacial score (nSPS) is 16.7. The van der Waals surface area contributed by atoms with Gasteiger partial charge in [-0.2, -0.15) is 0 Å². The monoisotopic (exact) mass is 302 g/mol. The molecule has 1 unspecified atom stereocenters. The van der Waals surface area contributed by atoms with Crippen molar-refractivity contribution in [2.45, 2.75) is 25.9 Å². The fourth-order valence-corrected chi connectivity index (χ4v) is 3.41. The molecule has 2 heterocycles. The Morgan fingerprint density at radius 3 is 2.91 bits per heavy atom. The number of rotatable bonds is 4. The average Bonchev–Trinajstić information content (AvgIpc) is 2.77. The quantitative estimate of drug-likeness (QED) is 0.941. The molecule has 0 bridgehead atoms. The van der Waals surface area contributed by atoms with Crippen LogP contribution in [-0.4, -0.2) is 47.9 Å². The minimum absolute atomic E-state index is 0.176. The lowest BCUT2D eigenvalue weighted by Gasteiger charge is -2.26. The topological polar surface area (TPSA) is 54.7 Å². The molecule has 118 valence electrons. The highest BCUT2D eigenvalue weighted by Crippen LogP contribution is 2.34. The molecule has 0 saturated carbocycles. The number of hydrogen-bond donors (Lipinski definition) is 1. The molecular weight excluding hydrogens is 280 g/mol. The van der Waals surface area contributed by atoms with Crippen LogP contribution in [0.15, 0.2) is 18.2 Å². The number of benzene rings is 1. The van der Waals surface area contributed by atoms with Gasteiger partial charge in [0.05, 0.1) is 6.61 Å². The van der Waals surface area contributed by atoms with Crippen LogP contribution in [0.4, 0.5) is 0 Å². The number of ether oxygens (including phenoxy) is 1. The molecule has 1 aliphatic heterocycles. The molecule has 0 spiro atoms. The number of carboxylic acids is 1. The summed E-state index contributed by atoms with van der Waals surface area (Å²) < 4.78 is 7.14. The molecule has 1 N–H and O–H groups in total. The van der Waals surface area contributed by atoms with Crippen LogP contribution in [-0.2, 0) is 22.5 Å². The number of aryl methyl sites for hydroxylation is 1. The Labute approximate surface area is 130 Å². The van der Waals surface area contributed by atoms with Gasteiger partial charge in [0.2, 0.25) is 0 Å². The summed E-state index contributed by atoms with van der Waals surface area (Å²) in [6, 6.07) is 5.56. The number of likely N-dealkylation sites (N-methyl/N-ethyl adjacent to an activating group) is 1. The second-order valence-electron chi connectivity index (χ2n) is 6.11. The van der Waals surface area contributed by atoms with Crippen LogP contribution < -0.4 is 0 Å². The van der Waals surface area contributed by atoms with Crippen molar-refractivity contribution in [3.05, 3.63) is 35.0 Å². The zero-order chi connectivity index (χ0) is 15.9. The molecule has 0 radical (unpaired) electrons. The molecule has 5 heteroatoms. The van der Waals surface area contributed by atoms with E-state index in [1.165, 1.54) is 16.5 Å². The molecule has 1 aromatic heterocycles. The van der Waals surface area contributed by atoms with Crippen LogP contribution >= 0.6 is 0 Å². The zero-order valence-electron chi connectivity index (χ0n) is 13.3. The zero-order valence-corrected chi connectivity index (χ0v) is 13.3. The van der Waals surface area contributed by atoms with Crippen LogP contribution in [0.3, 0.4) is 0 Å². The van der Waals surface area contributed by atoms with Gasteiger partial charge in [-0.15, -0.1) is 0 Å². The summed E-state index contributed by atoms with van der Waals surface area (Å²) in [5, 5.41) is 10.8. The summed E-state index contributed by atoms with van der Waals surface area (Å²) in [6.45, 7) is 4.05. The standard InChI is InChI=1S/C17H22N2O3/c1-11-4-5-14-12(8-11)13-9-18(2)7-6-15(13)19(14)16(10-22-3)17(20)21/h4-5,8,16H,6-7,9-10H2,1-3H3,(H,20,21). The van der Waals surface area contributed by atoms with Gasteiger partial charge < -0.3 is 19.3 Å². The first-order valence-corrected chi connectivity index (χ1v) is 7.55. The van der Waals surface area contributed by atoms with E-state index in [0.29, 0.717) is 0 Å². The highest BCUT2D eigenvalue weighted by molar-refractivity contribution is 5.88. The smallest absolute Gasteiger partial charge is 0.329 e. The van der Waals surface area contributed by atoms with E-state index in [2.05, 4.69) is 24.9 Å². The maximum Gasteiger partial charge on any atom is 0.329 e. The number of aromatic nitrogens is 1. The van der Waals surface area contributed by atoms with Gasteiger partial charge in [0.1, 0.15) is 0 Å². The van der Waals surface area contributed by atoms with Gasteiger partial charge in [-0.3, -0.25) is 0 Å². The first-order chi connectivity index (χ1) is 10.5. The van der Waals surface area contributed by atoms with Crippen molar-refractivity contribution in [1.29, 1.82) is 0 Å². The largest absolute Gasteiger partial charge is 0.480 e.